The number of para-hydroxylation sites is 1. The lowest BCUT2D eigenvalue weighted by Crippen LogP contribution is -2.14. The summed E-state index contributed by atoms with van der Waals surface area (Å²) < 4.78 is 0. The molecule has 0 aliphatic rings. The first-order valence-corrected chi connectivity index (χ1v) is 9.46. The van der Waals surface area contributed by atoms with E-state index >= 15 is 0 Å². The Morgan fingerprint density at radius 3 is 1.63 bits per heavy atom. The van der Waals surface area contributed by atoms with Crippen LogP contribution in [0.25, 0.3) is 0 Å². The first kappa shape index (κ1) is 19.2. The van der Waals surface area contributed by atoms with Crippen LogP contribution >= 0.6 is 0 Å². The molecule has 0 radical (unpaired) electrons. The van der Waals surface area contributed by atoms with Gasteiger partial charge in [0.05, 0.1) is 5.56 Å². The van der Waals surface area contributed by atoms with Crippen molar-refractivity contribution >= 4 is 11.6 Å². The van der Waals surface area contributed by atoms with Crippen molar-refractivity contribution in [3.63, 3.8) is 0 Å². The molecule has 0 saturated carbocycles. The molecule has 4 nitrogen and oxygen atoms in total. The van der Waals surface area contributed by atoms with Crippen molar-refractivity contribution in [2.24, 2.45) is 0 Å². The molecule has 0 spiro atoms. The number of benzene rings is 4. The van der Waals surface area contributed by atoms with E-state index < -0.39 is 0 Å². The van der Waals surface area contributed by atoms with E-state index in [9.17, 15) is 9.59 Å². The summed E-state index contributed by atoms with van der Waals surface area (Å²) in [6.45, 7) is 0. The third-order valence-electron chi connectivity index (χ3n) is 4.54. The van der Waals surface area contributed by atoms with Crippen molar-refractivity contribution in [2.45, 2.75) is 0 Å². The van der Waals surface area contributed by atoms with Gasteiger partial charge >= 0.3 is 0 Å². The Labute approximate surface area is 174 Å². The highest BCUT2D eigenvalue weighted by atomic mass is 17.2. The molecule has 0 aliphatic heterocycles. The third kappa shape index (κ3) is 4.13. The van der Waals surface area contributed by atoms with Gasteiger partial charge in [0.2, 0.25) is 0 Å². The lowest BCUT2D eigenvalue weighted by Gasteiger charge is -2.14. The Morgan fingerprint density at radius 2 is 1.03 bits per heavy atom. The number of rotatable bonds is 7. The van der Waals surface area contributed by atoms with Crippen LogP contribution in [0.1, 0.15) is 31.8 Å². The second-order valence-corrected chi connectivity index (χ2v) is 6.55. The SMILES string of the molecule is O=C(c1ccccc1)c1cccc(OOc2ccccc2)c1C(=O)c1ccccc1. The van der Waals surface area contributed by atoms with Gasteiger partial charge in [-0.05, 0) is 18.2 Å². The van der Waals surface area contributed by atoms with E-state index in [-0.39, 0.29) is 28.4 Å². The lowest BCUT2D eigenvalue weighted by atomic mass is 9.92. The molecule has 4 heteroatoms. The monoisotopic (exact) mass is 394 g/mol. The maximum atomic E-state index is 13.3. The van der Waals surface area contributed by atoms with Crippen molar-refractivity contribution in [3.8, 4) is 11.5 Å². The first-order valence-electron chi connectivity index (χ1n) is 9.46. The molecule has 0 heterocycles. The predicted octanol–water partition coefficient (Wildman–Crippen LogP) is 5.52. The minimum Gasteiger partial charge on any atom is -0.290 e. The molecule has 0 N–H and O–H groups in total. The van der Waals surface area contributed by atoms with Gasteiger partial charge in [-0.2, -0.15) is 0 Å². The van der Waals surface area contributed by atoms with Gasteiger partial charge in [-0.15, -0.1) is 0 Å². The summed E-state index contributed by atoms with van der Waals surface area (Å²) in [5.41, 5.74) is 1.36. The van der Waals surface area contributed by atoms with E-state index in [1.165, 1.54) is 0 Å². The molecule has 0 bridgehead atoms. The van der Waals surface area contributed by atoms with Gasteiger partial charge in [-0.3, -0.25) is 19.4 Å². The van der Waals surface area contributed by atoms with Gasteiger partial charge in [-0.1, -0.05) is 91.0 Å². The number of carbonyl (C=O) groups excluding carboxylic acids is 2. The normalized spacial score (nSPS) is 10.3. The summed E-state index contributed by atoms with van der Waals surface area (Å²) in [6.07, 6.45) is 0. The Bertz CT molecular complexity index is 1150. The minimum atomic E-state index is -0.317. The van der Waals surface area contributed by atoms with Crippen LogP contribution in [0.15, 0.2) is 109 Å². The topological polar surface area (TPSA) is 52.6 Å². The largest absolute Gasteiger partial charge is 0.290 e. The fraction of sp³-hybridized carbons (Fsp3) is 0. The average Bonchev–Trinajstić information content (AvgIpc) is 2.83. The van der Waals surface area contributed by atoms with E-state index in [4.69, 9.17) is 9.78 Å². The molecule has 0 unspecified atom stereocenters. The van der Waals surface area contributed by atoms with Crippen LogP contribution in [-0.2, 0) is 0 Å². The number of hydrogen-bond acceptors (Lipinski definition) is 4. The zero-order valence-corrected chi connectivity index (χ0v) is 16.0. The van der Waals surface area contributed by atoms with Crippen molar-refractivity contribution in [1.82, 2.24) is 0 Å². The highest BCUT2D eigenvalue weighted by molar-refractivity contribution is 6.20. The van der Waals surface area contributed by atoms with Crippen LogP contribution in [0.4, 0.5) is 0 Å². The van der Waals surface area contributed by atoms with E-state index in [2.05, 4.69) is 0 Å². The summed E-state index contributed by atoms with van der Waals surface area (Å²) >= 11 is 0. The number of carbonyl (C=O) groups is 2. The van der Waals surface area contributed by atoms with Gasteiger partial charge in [0.15, 0.2) is 23.1 Å². The van der Waals surface area contributed by atoms with Crippen LogP contribution in [0.5, 0.6) is 11.5 Å². The summed E-state index contributed by atoms with van der Waals surface area (Å²) in [7, 11) is 0. The van der Waals surface area contributed by atoms with Crippen LogP contribution in [0, 0.1) is 0 Å². The van der Waals surface area contributed by atoms with Gasteiger partial charge < -0.3 is 0 Å². The maximum absolute atomic E-state index is 13.3. The lowest BCUT2D eigenvalue weighted by molar-refractivity contribution is -0.100. The molecule has 4 rings (SSSR count). The van der Waals surface area contributed by atoms with Crippen LogP contribution in [0.2, 0.25) is 0 Å². The quantitative estimate of drug-likeness (QED) is 0.235. The Balaban J connectivity index is 1.77. The zero-order chi connectivity index (χ0) is 20.8. The van der Waals surface area contributed by atoms with E-state index in [0.29, 0.717) is 16.9 Å². The van der Waals surface area contributed by atoms with Crippen LogP contribution in [0.3, 0.4) is 0 Å². The van der Waals surface area contributed by atoms with Crippen molar-refractivity contribution in [2.75, 3.05) is 0 Å². The summed E-state index contributed by atoms with van der Waals surface area (Å²) in [5.74, 6) is 0.0760. The minimum absolute atomic E-state index is 0.161. The molecular formula is C26H18O4. The van der Waals surface area contributed by atoms with Gasteiger partial charge in [-0.25, -0.2) is 0 Å². The third-order valence-corrected chi connectivity index (χ3v) is 4.54. The Hall–Kier alpha value is -4.18. The Morgan fingerprint density at radius 1 is 0.500 bits per heavy atom. The van der Waals surface area contributed by atoms with Gasteiger partial charge in [0.1, 0.15) is 0 Å². The van der Waals surface area contributed by atoms with E-state index in [1.807, 2.05) is 30.3 Å². The molecule has 0 aromatic heterocycles. The summed E-state index contributed by atoms with van der Waals surface area (Å²) in [5, 5.41) is 0. The molecule has 4 aromatic rings. The van der Waals surface area contributed by atoms with Crippen molar-refractivity contribution in [1.29, 1.82) is 0 Å². The maximum Gasteiger partial charge on any atom is 0.197 e. The van der Waals surface area contributed by atoms with Crippen LogP contribution < -0.4 is 9.78 Å². The molecular weight excluding hydrogens is 376 g/mol. The fourth-order valence-corrected chi connectivity index (χ4v) is 3.07. The first-order chi connectivity index (χ1) is 14.7. The standard InChI is InChI=1S/C26H18O4/c27-25(19-11-4-1-5-12-19)22-17-10-18-23(30-29-21-15-8-3-9-16-21)24(22)26(28)20-13-6-2-7-14-20/h1-18H. The molecule has 0 atom stereocenters. The molecule has 30 heavy (non-hydrogen) atoms. The second kappa shape index (κ2) is 8.88. The van der Waals surface area contributed by atoms with Crippen molar-refractivity contribution in [3.05, 3.63) is 131 Å². The van der Waals surface area contributed by atoms with E-state index in [1.54, 1.807) is 78.9 Å². The summed E-state index contributed by atoms with van der Waals surface area (Å²) in [4.78, 5) is 37.4. The number of ketones is 2. The molecule has 0 amide bonds. The molecule has 146 valence electrons. The zero-order valence-electron chi connectivity index (χ0n) is 16.0. The Kier molecular flexibility index (Phi) is 5.67. The fourth-order valence-electron chi connectivity index (χ4n) is 3.07. The predicted molar refractivity (Wildman–Crippen MR) is 114 cm³/mol. The summed E-state index contributed by atoms with van der Waals surface area (Å²) in [6, 6.07) is 31.5. The molecule has 4 aromatic carbocycles. The molecule has 0 fully saturated rings. The van der Waals surface area contributed by atoms with E-state index in [0.717, 1.165) is 0 Å². The molecule has 0 aliphatic carbocycles. The van der Waals surface area contributed by atoms with Crippen LogP contribution in [-0.4, -0.2) is 11.6 Å². The average molecular weight is 394 g/mol. The smallest absolute Gasteiger partial charge is 0.197 e. The van der Waals surface area contributed by atoms with Gasteiger partial charge in [0, 0.05) is 16.7 Å². The van der Waals surface area contributed by atoms with Gasteiger partial charge in [0.25, 0.3) is 0 Å². The number of hydrogen-bond donors (Lipinski definition) is 0. The highest BCUT2D eigenvalue weighted by Gasteiger charge is 2.24. The molecule has 0 saturated heterocycles. The second-order valence-electron chi connectivity index (χ2n) is 6.55. The highest BCUT2D eigenvalue weighted by Crippen LogP contribution is 2.28. The van der Waals surface area contributed by atoms with Crippen molar-refractivity contribution < 1.29 is 19.4 Å².